The Balaban J connectivity index is 1.21. The molecule has 2 heterocycles. The highest BCUT2D eigenvalue weighted by Crippen LogP contribution is 2.32. The normalized spacial score (nSPS) is 19.6. The number of likely N-dealkylation sites (tertiary alicyclic amines) is 1. The van der Waals surface area contributed by atoms with Crippen LogP contribution in [0.15, 0.2) is 18.2 Å². The highest BCUT2D eigenvalue weighted by molar-refractivity contribution is 7.98. The number of nitrogens with one attached hydrogen (secondary N) is 3. The van der Waals surface area contributed by atoms with Gasteiger partial charge >= 0.3 is 12.3 Å². The number of hydrogen-bond acceptors (Lipinski definition) is 6. The van der Waals surface area contributed by atoms with Crippen LogP contribution in [0, 0.1) is 5.92 Å². The van der Waals surface area contributed by atoms with E-state index in [2.05, 4.69) is 15.4 Å². The zero-order valence-corrected chi connectivity index (χ0v) is 28.1. The SMILES string of the molecule is CC[C@H](C)C(NC(=O)[C@@H]1CCCN1C(=O)CNC(CCCCCCc1cccc2c1CN(C(=O)O)C2)C(F)(F)F)C(=O)NSC1CC1. The molecule has 47 heavy (non-hydrogen) atoms. The third kappa shape index (κ3) is 10.5. The maximum absolute atomic E-state index is 13.9. The van der Waals surface area contributed by atoms with Crippen LogP contribution in [0.25, 0.3) is 0 Å². The van der Waals surface area contributed by atoms with E-state index in [1.165, 1.54) is 21.7 Å². The molecule has 14 heteroatoms. The van der Waals surface area contributed by atoms with Crippen molar-refractivity contribution in [2.75, 3.05) is 13.1 Å². The molecule has 0 bridgehead atoms. The number of carboxylic acid groups (broad SMARTS) is 1. The lowest BCUT2D eigenvalue weighted by Crippen LogP contribution is -2.56. The van der Waals surface area contributed by atoms with Crippen molar-refractivity contribution in [1.82, 2.24) is 25.2 Å². The van der Waals surface area contributed by atoms with Crippen molar-refractivity contribution in [3.05, 3.63) is 34.9 Å². The van der Waals surface area contributed by atoms with E-state index >= 15 is 0 Å². The van der Waals surface area contributed by atoms with Crippen LogP contribution in [0.2, 0.25) is 0 Å². The molecular weight excluding hydrogens is 635 g/mol. The Morgan fingerprint density at radius 3 is 2.49 bits per heavy atom. The van der Waals surface area contributed by atoms with E-state index in [4.69, 9.17) is 0 Å². The van der Waals surface area contributed by atoms with Crippen molar-refractivity contribution >= 4 is 35.8 Å². The monoisotopic (exact) mass is 683 g/mol. The second kappa shape index (κ2) is 16.9. The van der Waals surface area contributed by atoms with Crippen LogP contribution in [-0.4, -0.2) is 81.4 Å². The molecule has 3 aliphatic rings. The molecule has 10 nitrogen and oxygen atoms in total. The molecule has 0 spiro atoms. The van der Waals surface area contributed by atoms with Crippen LogP contribution in [0.4, 0.5) is 18.0 Å². The van der Waals surface area contributed by atoms with E-state index in [1.54, 1.807) is 0 Å². The Labute approximate surface area is 279 Å². The molecular formula is C33H48F3N5O5S. The van der Waals surface area contributed by atoms with E-state index in [9.17, 15) is 37.5 Å². The Hall–Kier alpha value is -3.00. The number of carbonyl (C=O) groups excluding carboxylic acids is 3. The molecule has 4 amide bonds. The lowest BCUT2D eigenvalue weighted by molar-refractivity contribution is -0.159. The molecule has 2 aliphatic heterocycles. The van der Waals surface area contributed by atoms with Gasteiger partial charge in [-0.05, 0) is 79.5 Å². The number of nitrogens with zero attached hydrogens (tertiary/aromatic N) is 2. The average molecular weight is 684 g/mol. The summed E-state index contributed by atoms with van der Waals surface area (Å²) in [5, 5.41) is 14.9. The first kappa shape index (κ1) is 36.8. The summed E-state index contributed by atoms with van der Waals surface area (Å²) in [5.41, 5.74) is 3.11. The van der Waals surface area contributed by atoms with Gasteiger partial charge in [-0.3, -0.25) is 29.3 Å². The number of fused-ring (bicyclic) bond motifs is 1. The number of rotatable bonds is 17. The molecule has 1 saturated heterocycles. The second-order valence-corrected chi connectivity index (χ2v) is 14.1. The van der Waals surface area contributed by atoms with Crippen LogP contribution < -0.4 is 15.4 Å². The van der Waals surface area contributed by atoms with E-state index in [-0.39, 0.29) is 24.8 Å². The third-order valence-electron chi connectivity index (χ3n) is 9.45. The van der Waals surface area contributed by atoms with Crippen LogP contribution >= 0.6 is 11.9 Å². The molecule has 2 fully saturated rings. The lowest BCUT2D eigenvalue weighted by Gasteiger charge is -2.29. The highest BCUT2D eigenvalue weighted by Gasteiger charge is 2.41. The molecule has 0 aromatic heterocycles. The summed E-state index contributed by atoms with van der Waals surface area (Å²) in [7, 11) is 0. The first-order valence-electron chi connectivity index (χ1n) is 16.8. The number of alkyl halides is 3. The molecule has 4 N–H and O–H groups in total. The number of halogens is 3. The zero-order chi connectivity index (χ0) is 34.1. The molecule has 4 rings (SSSR count). The summed E-state index contributed by atoms with van der Waals surface area (Å²) in [6.45, 7) is 4.26. The zero-order valence-electron chi connectivity index (χ0n) is 27.2. The summed E-state index contributed by atoms with van der Waals surface area (Å²) in [4.78, 5) is 53.2. The number of unbranched alkanes of at least 4 members (excludes halogenated alkanes) is 3. The minimum Gasteiger partial charge on any atom is -0.465 e. The van der Waals surface area contributed by atoms with Crippen molar-refractivity contribution in [1.29, 1.82) is 0 Å². The van der Waals surface area contributed by atoms with Crippen molar-refractivity contribution in [3.63, 3.8) is 0 Å². The summed E-state index contributed by atoms with van der Waals surface area (Å²) in [5.74, 6) is -1.45. The maximum Gasteiger partial charge on any atom is 0.407 e. The quantitative estimate of drug-likeness (QED) is 0.132. The molecule has 2 unspecified atom stereocenters. The van der Waals surface area contributed by atoms with Gasteiger partial charge in [-0.2, -0.15) is 13.2 Å². The van der Waals surface area contributed by atoms with Crippen LogP contribution in [-0.2, 0) is 33.9 Å². The van der Waals surface area contributed by atoms with Gasteiger partial charge in [0.25, 0.3) is 5.91 Å². The summed E-state index contributed by atoms with van der Waals surface area (Å²) in [6.07, 6.45) is 1.20. The van der Waals surface area contributed by atoms with E-state index in [1.807, 2.05) is 32.0 Å². The number of aryl methyl sites for hydroxylation is 1. The van der Waals surface area contributed by atoms with Crippen LogP contribution in [0.1, 0.15) is 94.7 Å². The van der Waals surface area contributed by atoms with Gasteiger partial charge in [-0.25, -0.2) is 4.79 Å². The highest BCUT2D eigenvalue weighted by atomic mass is 32.2. The Morgan fingerprint density at radius 1 is 1.06 bits per heavy atom. The van der Waals surface area contributed by atoms with Gasteiger partial charge in [-0.1, -0.05) is 57.7 Å². The van der Waals surface area contributed by atoms with Crippen molar-refractivity contribution < 1.29 is 37.5 Å². The Morgan fingerprint density at radius 2 is 1.81 bits per heavy atom. The van der Waals surface area contributed by atoms with Gasteiger partial charge in [0.15, 0.2) is 0 Å². The number of hydrogen-bond donors (Lipinski definition) is 4. The molecule has 1 saturated carbocycles. The van der Waals surface area contributed by atoms with Crippen molar-refractivity contribution in [2.24, 2.45) is 5.92 Å². The molecule has 1 aromatic carbocycles. The first-order chi connectivity index (χ1) is 22.4. The molecule has 1 aromatic rings. The fraction of sp³-hybridized carbons (Fsp3) is 0.697. The van der Waals surface area contributed by atoms with Crippen LogP contribution in [0.5, 0.6) is 0 Å². The fourth-order valence-corrected chi connectivity index (χ4v) is 7.03. The predicted octanol–water partition coefficient (Wildman–Crippen LogP) is 5.14. The topological polar surface area (TPSA) is 131 Å². The van der Waals surface area contributed by atoms with Gasteiger partial charge in [0.05, 0.1) is 6.54 Å². The molecule has 1 aliphatic carbocycles. The van der Waals surface area contributed by atoms with Crippen molar-refractivity contribution in [3.8, 4) is 0 Å². The summed E-state index contributed by atoms with van der Waals surface area (Å²) >= 11 is 1.36. The van der Waals surface area contributed by atoms with E-state index in [0.29, 0.717) is 50.4 Å². The van der Waals surface area contributed by atoms with Gasteiger partial charge in [0.1, 0.15) is 18.1 Å². The van der Waals surface area contributed by atoms with Gasteiger partial charge in [0, 0.05) is 24.9 Å². The summed E-state index contributed by atoms with van der Waals surface area (Å²) < 4.78 is 44.5. The third-order valence-corrected chi connectivity index (χ3v) is 10.6. The van der Waals surface area contributed by atoms with E-state index < -0.39 is 48.8 Å². The number of amides is 4. The predicted molar refractivity (Wildman–Crippen MR) is 173 cm³/mol. The average Bonchev–Trinajstić information content (AvgIpc) is 3.52. The number of benzene rings is 1. The Bertz CT molecular complexity index is 1260. The largest absolute Gasteiger partial charge is 0.465 e. The van der Waals surface area contributed by atoms with Crippen LogP contribution in [0.3, 0.4) is 0 Å². The minimum atomic E-state index is -4.53. The maximum atomic E-state index is 13.9. The summed E-state index contributed by atoms with van der Waals surface area (Å²) in [6, 6.07) is 2.38. The van der Waals surface area contributed by atoms with Gasteiger partial charge < -0.3 is 15.3 Å². The molecule has 0 radical (unpaired) electrons. The Kier molecular flexibility index (Phi) is 13.2. The van der Waals surface area contributed by atoms with Crippen molar-refractivity contribution in [2.45, 2.75) is 127 Å². The van der Waals surface area contributed by atoms with E-state index in [0.717, 1.165) is 48.8 Å². The fourth-order valence-electron chi connectivity index (χ4n) is 6.25. The first-order valence-corrected chi connectivity index (χ1v) is 17.7. The smallest absolute Gasteiger partial charge is 0.407 e. The molecule has 262 valence electrons. The number of carbonyl (C=O) groups is 4. The standard InChI is InChI=1S/C33H48F3N5O5S/c1-3-21(2)29(31(44)39-47-24-15-16-24)38-30(43)26-13-9-17-41(26)28(42)18-37-27(33(34,35)36)14-7-5-4-6-10-22-11-8-12-23-19-40(32(45)46)20-25(22)23/h8,11-12,21,24,26-27,29,37H,3-7,9-10,13-20H2,1-2H3,(H,38,43)(H,39,44)(H,45,46)/t21-,26-,27?,29?/m0/s1. The lowest BCUT2D eigenvalue weighted by atomic mass is 9.98. The van der Waals surface area contributed by atoms with Gasteiger partial charge in [-0.15, -0.1) is 0 Å². The minimum absolute atomic E-state index is 0.137. The molecule has 4 atom stereocenters. The second-order valence-electron chi connectivity index (χ2n) is 13.0. The van der Waals surface area contributed by atoms with Gasteiger partial charge in [0.2, 0.25) is 11.8 Å².